The fraction of sp³-hybridized carbons (Fsp3) is 0.529. The Morgan fingerprint density at radius 3 is 2.44 bits per heavy atom. The molecular weight excluding hydrogens is 335 g/mol. The van der Waals surface area contributed by atoms with Crippen LogP contribution in [-0.2, 0) is 0 Å². The number of piperidine rings is 1. The molecule has 3 amide bonds. The highest BCUT2D eigenvalue weighted by Gasteiger charge is 2.41. The van der Waals surface area contributed by atoms with Crippen molar-refractivity contribution < 1.29 is 22.8 Å². The molecule has 8 heteroatoms. The van der Waals surface area contributed by atoms with Crippen LogP contribution in [0, 0.1) is 12.8 Å². The highest BCUT2D eigenvalue weighted by molar-refractivity contribution is 5.99. The lowest BCUT2D eigenvalue weighted by Crippen LogP contribution is -2.42. The summed E-state index contributed by atoms with van der Waals surface area (Å²) >= 11 is 0. The molecule has 0 atom stereocenters. The number of amides is 3. The molecule has 0 unspecified atom stereocenters. The van der Waals surface area contributed by atoms with Gasteiger partial charge >= 0.3 is 12.2 Å². The van der Waals surface area contributed by atoms with Crippen molar-refractivity contribution >= 4 is 17.6 Å². The number of nitrogens with zero attached hydrogens (tertiary/aromatic N) is 2. The minimum absolute atomic E-state index is 0.0670. The number of alkyl halides is 3. The molecule has 2 aliphatic rings. The molecular formula is C17H20F3N3O2. The molecule has 2 saturated heterocycles. The molecule has 2 fully saturated rings. The van der Waals surface area contributed by atoms with Crippen LogP contribution in [0.15, 0.2) is 18.2 Å². The summed E-state index contributed by atoms with van der Waals surface area (Å²) in [6, 6.07) is 4.86. The molecule has 1 aromatic carbocycles. The zero-order chi connectivity index (χ0) is 18.2. The fourth-order valence-electron chi connectivity index (χ4n) is 3.33. The molecule has 0 saturated carbocycles. The molecule has 0 aliphatic carbocycles. The van der Waals surface area contributed by atoms with E-state index < -0.39 is 12.1 Å². The van der Waals surface area contributed by atoms with Crippen molar-refractivity contribution in [3.8, 4) is 0 Å². The Bertz CT molecular complexity index is 682. The summed E-state index contributed by atoms with van der Waals surface area (Å²) in [6.45, 7) is 3.10. The summed E-state index contributed by atoms with van der Waals surface area (Å²) in [5.74, 6) is -1.63. The van der Waals surface area contributed by atoms with Crippen molar-refractivity contribution in [1.82, 2.24) is 10.2 Å². The monoisotopic (exact) mass is 355 g/mol. The van der Waals surface area contributed by atoms with Crippen LogP contribution >= 0.6 is 0 Å². The first-order chi connectivity index (χ1) is 11.8. The largest absolute Gasteiger partial charge is 0.391 e. The van der Waals surface area contributed by atoms with Crippen LogP contribution in [0.5, 0.6) is 0 Å². The van der Waals surface area contributed by atoms with Crippen molar-refractivity contribution in [3.63, 3.8) is 0 Å². The number of urea groups is 1. The average Bonchev–Trinajstić information content (AvgIpc) is 3.00. The molecule has 1 aromatic rings. The number of hydrogen-bond acceptors (Lipinski definition) is 2. The maximum absolute atomic E-state index is 12.8. The summed E-state index contributed by atoms with van der Waals surface area (Å²) in [4.78, 5) is 27.5. The quantitative estimate of drug-likeness (QED) is 0.887. The molecule has 5 nitrogen and oxygen atoms in total. The zero-order valence-electron chi connectivity index (χ0n) is 13.9. The van der Waals surface area contributed by atoms with Crippen LogP contribution in [-0.4, -0.2) is 49.2 Å². The number of likely N-dealkylation sites (tertiary alicyclic amines) is 1. The molecule has 3 rings (SSSR count). The molecule has 25 heavy (non-hydrogen) atoms. The Hall–Kier alpha value is -2.25. The van der Waals surface area contributed by atoms with Gasteiger partial charge in [-0.15, -0.1) is 0 Å². The van der Waals surface area contributed by atoms with E-state index in [1.807, 2.05) is 6.92 Å². The smallest absolute Gasteiger partial charge is 0.339 e. The van der Waals surface area contributed by atoms with Gasteiger partial charge in [-0.3, -0.25) is 9.69 Å². The van der Waals surface area contributed by atoms with Crippen LogP contribution in [0.4, 0.5) is 23.7 Å². The predicted octanol–water partition coefficient (Wildman–Crippen LogP) is 2.94. The number of benzene rings is 1. The Kier molecular flexibility index (Phi) is 4.62. The van der Waals surface area contributed by atoms with Gasteiger partial charge in [-0.1, -0.05) is 6.07 Å². The topological polar surface area (TPSA) is 52.7 Å². The highest BCUT2D eigenvalue weighted by Crippen LogP contribution is 2.34. The second-order valence-corrected chi connectivity index (χ2v) is 6.49. The SMILES string of the molecule is Cc1ccc(C(=O)N2CCC(C(F)(F)F)CC2)cc1N1CCNC1=O. The third kappa shape index (κ3) is 3.57. The Morgan fingerprint density at radius 1 is 1.20 bits per heavy atom. The number of nitrogens with one attached hydrogen (secondary N) is 1. The van der Waals surface area contributed by atoms with Gasteiger partial charge in [0, 0.05) is 37.4 Å². The first kappa shape index (κ1) is 17.6. The van der Waals surface area contributed by atoms with Gasteiger partial charge in [0.1, 0.15) is 0 Å². The summed E-state index contributed by atoms with van der Waals surface area (Å²) in [7, 11) is 0. The van der Waals surface area contributed by atoms with Crippen LogP contribution < -0.4 is 10.2 Å². The lowest BCUT2D eigenvalue weighted by molar-refractivity contribution is -0.183. The number of halogens is 3. The molecule has 2 aliphatic heterocycles. The van der Waals surface area contributed by atoms with Gasteiger partial charge in [0.2, 0.25) is 0 Å². The molecule has 2 heterocycles. The van der Waals surface area contributed by atoms with E-state index >= 15 is 0 Å². The maximum Gasteiger partial charge on any atom is 0.391 e. The second-order valence-electron chi connectivity index (χ2n) is 6.49. The van der Waals surface area contributed by atoms with Crippen molar-refractivity contribution in [2.75, 3.05) is 31.1 Å². The van der Waals surface area contributed by atoms with Crippen LogP contribution in [0.25, 0.3) is 0 Å². The summed E-state index contributed by atoms with van der Waals surface area (Å²) in [6.07, 6.45) is -4.33. The lowest BCUT2D eigenvalue weighted by atomic mass is 9.95. The van der Waals surface area contributed by atoms with Gasteiger partial charge in [0.05, 0.1) is 5.92 Å². The van der Waals surface area contributed by atoms with E-state index in [0.717, 1.165) is 5.56 Å². The third-order valence-corrected chi connectivity index (χ3v) is 4.85. The first-order valence-corrected chi connectivity index (χ1v) is 8.29. The number of carbonyl (C=O) groups is 2. The maximum atomic E-state index is 12.8. The van der Waals surface area contributed by atoms with Gasteiger partial charge in [-0.05, 0) is 37.5 Å². The van der Waals surface area contributed by atoms with E-state index in [1.165, 1.54) is 4.90 Å². The van der Waals surface area contributed by atoms with E-state index in [1.54, 1.807) is 23.1 Å². The fourth-order valence-corrected chi connectivity index (χ4v) is 3.33. The van der Waals surface area contributed by atoms with Crippen LogP contribution in [0.2, 0.25) is 0 Å². The molecule has 0 spiro atoms. The van der Waals surface area contributed by atoms with Crippen LogP contribution in [0.1, 0.15) is 28.8 Å². The standard InChI is InChI=1S/C17H20F3N3O2/c1-11-2-3-12(10-14(11)23-9-6-21-16(23)25)15(24)22-7-4-13(5-8-22)17(18,19)20/h2-3,10,13H,4-9H2,1H3,(H,21,25). The Labute approximate surface area is 143 Å². The number of rotatable bonds is 2. The normalized spacial score (nSPS) is 19.3. The van der Waals surface area contributed by atoms with Gasteiger partial charge in [0.15, 0.2) is 0 Å². The Morgan fingerprint density at radius 2 is 1.88 bits per heavy atom. The summed E-state index contributed by atoms with van der Waals surface area (Å²) < 4.78 is 38.3. The molecule has 136 valence electrons. The van der Waals surface area contributed by atoms with E-state index in [-0.39, 0.29) is 37.9 Å². The predicted molar refractivity (Wildman–Crippen MR) is 86.6 cm³/mol. The third-order valence-electron chi connectivity index (χ3n) is 4.85. The van der Waals surface area contributed by atoms with Crippen molar-refractivity contribution in [2.45, 2.75) is 25.9 Å². The van der Waals surface area contributed by atoms with Gasteiger partial charge in [0.25, 0.3) is 5.91 Å². The minimum Gasteiger partial charge on any atom is -0.339 e. The zero-order valence-corrected chi connectivity index (χ0v) is 13.9. The molecule has 0 aromatic heterocycles. The summed E-state index contributed by atoms with van der Waals surface area (Å²) in [5, 5.41) is 2.71. The highest BCUT2D eigenvalue weighted by atomic mass is 19.4. The van der Waals surface area contributed by atoms with Gasteiger partial charge in [-0.2, -0.15) is 13.2 Å². The minimum atomic E-state index is -4.20. The van der Waals surface area contributed by atoms with E-state index in [9.17, 15) is 22.8 Å². The van der Waals surface area contributed by atoms with E-state index in [2.05, 4.69) is 5.32 Å². The van der Waals surface area contributed by atoms with Crippen LogP contribution in [0.3, 0.4) is 0 Å². The van der Waals surface area contributed by atoms with Gasteiger partial charge < -0.3 is 10.2 Å². The number of anilines is 1. The number of carbonyl (C=O) groups excluding carboxylic acids is 2. The van der Waals surface area contributed by atoms with Crippen molar-refractivity contribution in [3.05, 3.63) is 29.3 Å². The van der Waals surface area contributed by atoms with Crippen molar-refractivity contribution in [2.24, 2.45) is 5.92 Å². The Balaban J connectivity index is 1.74. The van der Waals surface area contributed by atoms with E-state index in [0.29, 0.717) is 24.3 Å². The van der Waals surface area contributed by atoms with E-state index in [4.69, 9.17) is 0 Å². The molecule has 0 bridgehead atoms. The number of hydrogen-bond donors (Lipinski definition) is 1. The first-order valence-electron chi connectivity index (χ1n) is 8.29. The average molecular weight is 355 g/mol. The second kappa shape index (κ2) is 6.57. The molecule has 1 N–H and O–H groups in total. The molecule has 0 radical (unpaired) electrons. The summed E-state index contributed by atoms with van der Waals surface area (Å²) in [5.41, 5.74) is 1.92. The lowest BCUT2D eigenvalue weighted by Gasteiger charge is -2.33. The van der Waals surface area contributed by atoms with Crippen molar-refractivity contribution in [1.29, 1.82) is 0 Å². The number of aryl methyl sites for hydroxylation is 1. The van der Waals surface area contributed by atoms with Gasteiger partial charge in [-0.25, -0.2) is 4.79 Å².